The second-order valence-corrected chi connectivity index (χ2v) is 6.84. The highest BCUT2D eigenvalue weighted by Crippen LogP contribution is 2.36. The summed E-state index contributed by atoms with van der Waals surface area (Å²) >= 11 is 0. The first kappa shape index (κ1) is 15.5. The lowest BCUT2D eigenvalue weighted by atomic mass is 9.78. The van der Waals surface area contributed by atoms with Crippen LogP contribution >= 0.6 is 0 Å². The zero-order valence-corrected chi connectivity index (χ0v) is 13.8. The zero-order valence-electron chi connectivity index (χ0n) is 13.8. The minimum atomic E-state index is -0.323. The monoisotopic (exact) mass is 275 g/mol. The summed E-state index contributed by atoms with van der Waals surface area (Å²) in [5.41, 5.74) is 2.79. The van der Waals surface area contributed by atoms with Gasteiger partial charge >= 0.3 is 7.12 Å². The molecule has 1 fully saturated rings. The molecule has 2 rings (SSSR count). The maximum absolute atomic E-state index is 6.10. The van der Waals surface area contributed by atoms with Crippen molar-refractivity contribution in [1.29, 1.82) is 0 Å². The molecule has 1 atom stereocenters. The summed E-state index contributed by atoms with van der Waals surface area (Å²) in [4.78, 5) is 4.53. The molecule has 0 radical (unpaired) electrons. The number of rotatable bonds is 3. The minimum absolute atomic E-state index is 0.306. The maximum Gasteiger partial charge on any atom is 0.496 e. The molecule has 0 aromatic carbocycles. The Balaban J connectivity index is 2.32. The van der Waals surface area contributed by atoms with Crippen molar-refractivity contribution in [3.63, 3.8) is 0 Å². The van der Waals surface area contributed by atoms with Crippen LogP contribution in [0.25, 0.3) is 0 Å². The van der Waals surface area contributed by atoms with Gasteiger partial charge in [0, 0.05) is 17.4 Å². The lowest BCUT2D eigenvalue weighted by molar-refractivity contribution is 0.00578. The van der Waals surface area contributed by atoms with E-state index >= 15 is 0 Å². The fraction of sp³-hybridized carbons (Fsp3) is 0.688. The highest BCUT2D eigenvalue weighted by Gasteiger charge is 2.51. The fourth-order valence-electron chi connectivity index (χ4n) is 2.39. The third-order valence-corrected chi connectivity index (χ3v) is 4.82. The SMILES string of the molecule is CCC(C)c1cc(B2OC(C)(C)C(C)(C)O2)cnc1C. The lowest BCUT2D eigenvalue weighted by Gasteiger charge is -2.32. The van der Waals surface area contributed by atoms with Crippen LogP contribution in [0.5, 0.6) is 0 Å². The Morgan fingerprint density at radius 1 is 1.20 bits per heavy atom. The van der Waals surface area contributed by atoms with Crippen molar-refractivity contribution in [2.24, 2.45) is 0 Å². The average molecular weight is 275 g/mol. The van der Waals surface area contributed by atoms with Gasteiger partial charge in [-0.15, -0.1) is 0 Å². The molecule has 1 aliphatic rings. The van der Waals surface area contributed by atoms with Crippen LogP contribution in [0, 0.1) is 6.92 Å². The van der Waals surface area contributed by atoms with E-state index in [9.17, 15) is 0 Å². The van der Waals surface area contributed by atoms with E-state index in [1.54, 1.807) is 0 Å². The first-order valence-electron chi connectivity index (χ1n) is 7.50. The van der Waals surface area contributed by atoms with Crippen molar-refractivity contribution >= 4 is 12.6 Å². The normalized spacial score (nSPS) is 22.1. The maximum atomic E-state index is 6.10. The van der Waals surface area contributed by atoms with Gasteiger partial charge < -0.3 is 9.31 Å². The van der Waals surface area contributed by atoms with Crippen molar-refractivity contribution < 1.29 is 9.31 Å². The largest absolute Gasteiger partial charge is 0.496 e. The van der Waals surface area contributed by atoms with Crippen LogP contribution in [0.15, 0.2) is 12.3 Å². The standard InChI is InChI=1S/C16H26BNO2/c1-8-11(2)14-9-13(10-18-12(14)3)17-19-15(4,5)16(6,7)20-17/h9-11H,8H2,1-7H3. The predicted molar refractivity (Wildman–Crippen MR) is 83.4 cm³/mol. The zero-order chi connectivity index (χ0) is 15.1. The summed E-state index contributed by atoms with van der Waals surface area (Å²) in [7, 11) is -0.323. The van der Waals surface area contributed by atoms with Gasteiger partial charge in [0.1, 0.15) is 0 Å². The molecule has 4 heteroatoms. The number of aromatic nitrogens is 1. The van der Waals surface area contributed by atoms with Crippen LogP contribution < -0.4 is 5.46 Å². The Morgan fingerprint density at radius 2 is 1.75 bits per heavy atom. The first-order valence-corrected chi connectivity index (χ1v) is 7.50. The van der Waals surface area contributed by atoms with E-state index in [1.165, 1.54) is 5.56 Å². The van der Waals surface area contributed by atoms with Crippen molar-refractivity contribution in [3.8, 4) is 0 Å². The molecule has 0 aliphatic carbocycles. The molecule has 110 valence electrons. The van der Waals surface area contributed by atoms with E-state index in [2.05, 4.69) is 59.5 Å². The molecule has 0 amide bonds. The van der Waals surface area contributed by atoms with Gasteiger partial charge in [-0.05, 0) is 52.5 Å². The van der Waals surface area contributed by atoms with E-state index in [0.717, 1.165) is 17.6 Å². The third-order valence-electron chi connectivity index (χ3n) is 4.82. The van der Waals surface area contributed by atoms with Gasteiger partial charge in [-0.2, -0.15) is 0 Å². The summed E-state index contributed by atoms with van der Waals surface area (Å²) < 4.78 is 12.2. The Hall–Kier alpha value is -0.865. The lowest BCUT2D eigenvalue weighted by Crippen LogP contribution is -2.41. The quantitative estimate of drug-likeness (QED) is 0.794. The Labute approximate surface area is 123 Å². The molecule has 0 N–H and O–H groups in total. The van der Waals surface area contributed by atoms with Gasteiger partial charge in [0.15, 0.2) is 0 Å². The van der Waals surface area contributed by atoms with Crippen LogP contribution in [-0.4, -0.2) is 23.3 Å². The molecule has 1 saturated heterocycles. The highest BCUT2D eigenvalue weighted by molar-refractivity contribution is 6.62. The van der Waals surface area contributed by atoms with Crippen molar-refractivity contribution in [2.75, 3.05) is 0 Å². The van der Waals surface area contributed by atoms with E-state index in [-0.39, 0.29) is 18.3 Å². The molecular formula is C16H26BNO2. The second-order valence-electron chi connectivity index (χ2n) is 6.84. The van der Waals surface area contributed by atoms with E-state index in [1.807, 2.05) is 6.20 Å². The number of hydrogen-bond donors (Lipinski definition) is 0. The fourth-order valence-corrected chi connectivity index (χ4v) is 2.39. The van der Waals surface area contributed by atoms with E-state index in [4.69, 9.17) is 9.31 Å². The molecule has 1 aliphatic heterocycles. The molecule has 2 heterocycles. The van der Waals surface area contributed by atoms with Gasteiger partial charge in [0.2, 0.25) is 0 Å². The summed E-state index contributed by atoms with van der Waals surface area (Å²) in [5.74, 6) is 0.505. The van der Waals surface area contributed by atoms with Gasteiger partial charge in [-0.1, -0.05) is 19.9 Å². The molecule has 0 saturated carbocycles. The Morgan fingerprint density at radius 3 is 2.25 bits per heavy atom. The van der Waals surface area contributed by atoms with E-state index in [0.29, 0.717) is 5.92 Å². The number of pyridine rings is 1. The third kappa shape index (κ3) is 2.64. The van der Waals surface area contributed by atoms with Crippen molar-refractivity contribution in [3.05, 3.63) is 23.5 Å². The van der Waals surface area contributed by atoms with Crippen LogP contribution in [0.3, 0.4) is 0 Å². The van der Waals surface area contributed by atoms with Gasteiger partial charge in [-0.25, -0.2) is 0 Å². The van der Waals surface area contributed by atoms with Crippen LogP contribution in [0.1, 0.15) is 65.1 Å². The van der Waals surface area contributed by atoms with Gasteiger partial charge in [0.25, 0.3) is 0 Å². The highest BCUT2D eigenvalue weighted by atomic mass is 16.7. The van der Waals surface area contributed by atoms with Gasteiger partial charge in [0.05, 0.1) is 11.2 Å². The number of nitrogens with zero attached hydrogens (tertiary/aromatic N) is 1. The molecule has 1 aromatic heterocycles. The van der Waals surface area contributed by atoms with Crippen molar-refractivity contribution in [2.45, 2.75) is 72.0 Å². The van der Waals surface area contributed by atoms with Crippen LogP contribution in [0.4, 0.5) is 0 Å². The van der Waals surface area contributed by atoms with E-state index < -0.39 is 0 Å². The average Bonchev–Trinajstić information content (AvgIpc) is 2.58. The van der Waals surface area contributed by atoms with Crippen LogP contribution in [0.2, 0.25) is 0 Å². The molecule has 3 nitrogen and oxygen atoms in total. The molecule has 20 heavy (non-hydrogen) atoms. The van der Waals surface area contributed by atoms with Crippen molar-refractivity contribution in [1.82, 2.24) is 4.98 Å². The van der Waals surface area contributed by atoms with Crippen LogP contribution in [-0.2, 0) is 9.31 Å². The smallest absolute Gasteiger partial charge is 0.399 e. The molecule has 0 spiro atoms. The Kier molecular flexibility index (Phi) is 4.00. The molecular weight excluding hydrogens is 249 g/mol. The topological polar surface area (TPSA) is 31.4 Å². The minimum Gasteiger partial charge on any atom is -0.399 e. The molecule has 1 unspecified atom stereocenters. The number of hydrogen-bond acceptors (Lipinski definition) is 3. The second kappa shape index (κ2) is 5.16. The first-order chi connectivity index (χ1) is 9.18. The molecule has 0 bridgehead atoms. The summed E-state index contributed by atoms with van der Waals surface area (Å²) in [6.45, 7) is 14.8. The van der Waals surface area contributed by atoms with Gasteiger partial charge in [-0.3, -0.25) is 4.98 Å². The summed E-state index contributed by atoms with van der Waals surface area (Å²) in [5, 5.41) is 0. The predicted octanol–water partition coefficient (Wildman–Crippen LogP) is 3.20. The Bertz CT molecular complexity index is 483. The number of aryl methyl sites for hydroxylation is 1. The summed E-state index contributed by atoms with van der Waals surface area (Å²) in [6, 6.07) is 2.19. The molecule has 1 aromatic rings. The summed E-state index contributed by atoms with van der Waals surface area (Å²) in [6.07, 6.45) is 2.98.